The van der Waals surface area contributed by atoms with Crippen LogP contribution in [0.5, 0.6) is 11.6 Å². The van der Waals surface area contributed by atoms with Crippen molar-refractivity contribution < 1.29 is 9.47 Å². The molecule has 4 N–H and O–H groups in total. The van der Waals surface area contributed by atoms with Crippen molar-refractivity contribution in [2.75, 3.05) is 30.7 Å². The Balaban J connectivity index is 1.53. The predicted octanol–water partition coefficient (Wildman–Crippen LogP) is 5.54. The molecule has 0 radical (unpaired) electrons. The third-order valence-electron chi connectivity index (χ3n) is 6.20. The molecule has 37 heavy (non-hydrogen) atoms. The standard InChI is InChI=1S/C26H32ClN7O2S/c1-15(2)34-11-8-18(9-12-34)36-26-23(16(3)28)24(29)31-25(32-26)17-5-6-21(20(27)13-17)33-37-22-14-19(35-4)7-10-30-22/h5-7,10,13-15,18,28,33H,8-9,11-12H2,1-4H3,(H2,29,31,32). The first-order valence-corrected chi connectivity index (χ1v) is 13.3. The highest BCUT2D eigenvalue weighted by Crippen LogP contribution is 2.33. The third-order valence-corrected chi connectivity index (χ3v) is 7.27. The number of benzene rings is 1. The van der Waals surface area contributed by atoms with E-state index in [4.69, 9.17) is 32.2 Å². The summed E-state index contributed by atoms with van der Waals surface area (Å²) in [5, 5.41) is 9.45. The summed E-state index contributed by atoms with van der Waals surface area (Å²) < 4.78 is 14.8. The van der Waals surface area contributed by atoms with E-state index in [2.05, 4.69) is 38.4 Å². The summed E-state index contributed by atoms with van der Waals surface area (Å²) in [6.45, 7) is 7.99. The zero-order chi connectivity index (χ0) is 26.5. The van der Waals surface area contributed by atoms with E-state index in [9.17, 15) is 0 Å². The number of halogens is 1. The van der Waals surface area contributed by atoms with E-state index >= 15 is 0 Å². The zero-order valence-electron chi connectivity index (χ0n) is 21.4. The molecule has 9 nitrogen and oxygen atoms in total. The molecule has 1 aromatic carbocycles. The fourth-order valence-corrected chi connectivity index (χ4v) is 5.07. The number of likely N-dealkylation sites (tertiary alicyclic amines) is 1. The molecule has 0 spiro atoms. The number of nitrogens with one attached hydrogen (secondary N) is 2. The SMILES string of the molecule is COc1ccnc(SNc2ccc(-c3nc(N)c(C(C)=N)c(OC4CCN(C(C)C)CC4)n3)cc2Cl)c1. The number of aromatic nitrogens is 3. The molecule has 1 aliphatic rings. The number of hydrogen-bond donors (Lipinski definition) is 3. The number of piperidine rings is 1. The van der Waals surface area contributed by atoms with Crippen molar-refractivity contribution in [1.29, 1.82) is 5.41 Å². The minimum Gasteiger partial charge on any atom is -0.497 e. The van der Waals surface area contributed by atoms with Crippen LogP contribution in [-0.4, -0.2) is 57.9 Å². The molecule has 1 aliphatic heterocycles. The van der Waals surface area contributed by atoms with Crippen molar-refractivity contribution in [2.24, 2.45) is 0 Å². The fourth-order valence-electron chi connectivity index (χ4n) is 4.11. The largest absolute Gasteiger partial charge is 0.497 e. The molecule has 2 aromatic heterocycles. The van der Waals surface area contributed by atoms with Crippen LogP contribution in [0.2, 0.25) is 5.02 Å². The first-order chi connectivity index (χ1) is 17.7. The van der Waals surface area contributed by atoms with Crippen LogP contribution in [0, 0.1) is 5.41 Å². The molecule has 0 unspecified atom stereocenters. The van der Waals surface area contributed by atoms with Gasteiger partial charge in [0, 0.05) is 54.6 Å². The number of rotatable bonds is 9. The Morgan fingerprint density at radius 3 is 2.62 bits per heavy atom. The lowest BCUT2D eigenvalue weighted by Gasteiger charge is -2.34. The number of nitrogens with two attached hydrogens (primary N) is 1. The van der Waals surface area contributed by atoms with E-state index in [1.807, 2.05) is 18.2 Å². The van der Waals surface area contributed by atoms with Crippen LogP contribution < -0.4 is 19.9 Å². The number of anilines is 2. The normalized spacial score (nSPS) is 14.5. The van der Waals surface area contributed by atoms with Crippen LogP contribution in [0.15, 0.2) is 41.6 Å². The fraction of sp³-hybridized carbons (Fsp3) is 0.385. The number of nitrogen functional groups attached to an aromatic ring is 1. The van der Waals surface area contributed by atoms with Crippen molar-refractivity contribution >= 4 is 40.8 Å². The maximum absolute atomic E-state index is 8.21. The smallest absolute Gasteiger partial charge is 0.228 e. The summed E-state index contributed by atoms with van der Waals surface area (Å²) in [6, 6.07) is 9.62. The van der Waals surface area contributed by atoms with E-state index in [1.165, 1.54) is 11.9 Å². The topological polar surface area (TPSA) is 122 Å². The molecule has 0 atom stereocenters. The van der Waals surface area contributed by atoms with Gasteiger partial charge in [-0.05, 0) is 57.9 Å². The molecule has 3 aromatic rings. The molecule has 1 saturated heterocycles. The minimum atomic E-state index is 0.00709. The van der Waals surface area contributed by atoms with E-state index in [0.29, 0.717) is 39.6 Å². The van der Waals surface area contributed by atoms with Gasteiger partial charge < -0.3 is 30.2 Å². The number of pyridine rings is 1. The van der Waals surface area contributed by atoms with Crippen LogP contribution in [0.4, 0.5) is 11.5 Å². The van der Waals surface area contributed by atoms with Crippen LogP contribution in [0.1, 0.15) is 39.2 Å². The second kappa shape index (κ2) is 12.0. The van der Waals surface area contributed by atoms with Crippen molar-refractivity contribution in [3.63, 3.8) is 0 Å². The average Bonchev–Trinajstić information content (AvgIpc) is 2.88. The van der Waals surface area contributed by atoms with Crippen molar-refractivity contribution in [2.45, 2.75) is 50.8 Å². The molecule has 196 valence electrons. The summed E-state index contributed by atoms with van der Waals surface area (Å²) in [5.74, 6) is 1.68. The zero-order valence-corrected chi connectivity index (χ0v) is 23.0. The summed E-state index contributed by atoms with van der Waals surface area (Å²) in [6.07, 6.45) is 3.47. The molecule has 0 amide bonds. The van der Waals surface area contributed by atoms with Gasteiger partial charge in [-0.1, -0.05) is 11.6 Å². The Morgan fingerprint density at radius 1 is 1.22 bits per heavy atom. The van der Waals surface area contributed by atoms with Gasteiger partial charge in [0.25, 0.3) is 0 Å². The van der Waals surface area contributed by atoms with Crippen LogP contribution in [-0.2, 0) is 0 Å². The molecule has 11 heteroatoms. The quantitative estimate of drug-likeness (QED) is 0.236. The van der Waals surface area contributed by atoms with Gasteiger partial charge in [-0.3, -0.25) is 0 Å². The lowest BCUT2D eigenvalue weighted by atomic mass is 10.1. The highest BCUT2D eigenvalue weighted by atomic mass is 35.5. The molecule has 0 saturated carbocycles. The van der Waals surface area contributed by atoms with Gasteiger partial charge in [-0.15, -0.1) is 0 Å². The summed E-state index contributed by atoms with van der Waals surface area (Å²) in [7, 11) is 1.61. The molecule has 3 heterocycles. The first kappa shape index (κ1) is 27.0. The van der Waals surface area contributed by atoms with Gasteiger partial charge in [0.15, 0.2) is 5.82 Å². The monoisotopic (exact) mass is 541 g/mol. The Hall–Kier alpha value is -3.08. The van der Waals surface area contributed by atoms with Crippen LogP contribution in [0.25, 0.3) is 11.4 Å². The van der Waals surface area contributed by atoms with Gasteiger partial charge in [0.2, 0.25) is 5.88 Å². The van der Waals surface area contributed by atoms with E-state index in [-0.39, 0.29) is 17.6 Å². The average molecular weight is 542 g/mol. The Bertz CT molecular complexity index is 1270. The van der Waals surface area contributed by atoms with E-state index in [1.54, 1.807) is 32.4 Å². The van der Waals surface area contributed by atoms with Crippen LogP contribution in [0.3, 0.4) is 0 Å². The third kappa shape index (κ3) is 6.63. The molecular weight excluding hydrogens is 510 g/mol. The summed E-state index contributed by atoms with van der Waals surface area (Å²) >= 11 is 7.91. The molecule has 4 rings (SSSR count). The van der Waals surface area contributed by atoms with E-state index < -0.39 is 0 Å². The first-order valence-electron chi connectivity index (χ1n) is 12.1. The summed E-state index contributed by atoms with van der Waals surface area (Å²) in [5.41, 5.74) is 8.39. The lowest BCUT2D eigenvalue weighted by Crippen LogP contribution is -2.42. The molecule has 0 aliphatic carbocycles. The lowest BCUT2D eigenvalue weighted by molar-refractivity contribution is 0.0812. The number of methoxy groups -OCH3 is 1. The number of nitrogens with zero attached hydrogens (tertiary/aromatic N) is 4. The minimum absolute atomic E-state index is 0.00709. The van der Waals surface area contributed by atoms with Gasteiger partial charge in [-0.25, -0.2) is 9.97 Å². The Morgan fingerprint density at radius 2 is 1.97 bits per heavy atom. The highest BCUT2D eigenvalue weighted by molar-refractivity contribution is 8.00. The van der Waals surface area contributed by atoms with Crippen LogP contribution >= 0.6 is 23.5 Å². The van der Waals surface area contributed by atoms with Crippen molar-refractivity contribution in [3.8, 4) is 23.0 Å². The van der Waals surface area contributed by atoms with Crippen molar-refractivity contribution in [3.05, 3.63) is 47.1 Å². The molecule has 1 fully saturated rings. The Labute approximate surface area is 226 Å². The second-order valence-corrected chi connectivity index (χ2v) is 10.4. The van der Waals surface area contributed by atoms with Gasteiger partial charge in [0.1, 0.15) is 22.7 Å². The van der Waals surface area contributed by atoms with Crippen molar-refractivity contribution in [1.82, 2.24) is 19.9 Å². The van der Waals surface area contributed by atoms with Gasteiger partial charge >= 0.3 is 0 Å². The van der Waals surface area contributed by atoms with Gasteiger partial charge in [-0.2, -0.15) is 4.98 Å². The maximum Gasteiger partial charge on any atom is 0.228 e. The molecular formula is C26H32ClN7O2S. The predicted molar refractivity (Wildman–Crippen MR) is 150 cm³/mol. The summed E-state index contributed by atoms with van der Waals surface area (Å²) in [4.78, 5) is 15.9. The maximum atomic E-state index is 8.21. The van der Waals surface area contributed by atoms with Gasteiger partial charge in [0.05, 0.1) is 23.4 Å². The number of hydrogen-bond acceptors (Lipinski definition) is 10. The van der Waals surface area contributed by atoms with E-state index in [0.717, 1.165) is 36.7 Å². The number of ether oxygens (including phenoxy) is 2. The Kier molecular flexibility index (Phi) is 8.73. The molecule has 0 bridgehead atoms. The second-order valence-electron chi connectivity index (χ2n) is 9.12. The highest BCUT2D eigenvalue weighted by Gasteiger charge is 2.25.